The van der Waals surface area contributed by atoms with E-state index in [-0.39, 0.29) is 19.1 Å². The molecule has 0 saturated carbocycles. The predicted octanol–water partition coefficient (Wildman–Crippen LogP) is 3.69. The second-order valence-corrected chi connectivity index (χ2v) is 7.84. The summed E-state index contributed by atoms with van der Waals surface area (Å²) >= 11 is 0. The molecule has 0 aliphatic carbocycles. The Kier molecular flexibility index (Phi) is 11.4. The van der Waals surface area contributed by atoms with Crippen molar-refractivity contribution in [2.45, 2.75) is 50.2 Å². The number of carboxylic acid groups (broad SMARTS) is 1. The van der Waals surface area contributed by atoms with E-state index in [1.54, 1.807) is 22.9 Å². The van der Waals surface area contributed by atoms with Crippen LogP contribution in [0, 0.1) is 0 Å². The SMILES string of the molecule is CCSSc1ccccc1OC(=O)CCC(=O)O.NC1CCCCO1. The molecule has 140 valence electrons. The van der Waals surface area contributed by atoms with Crippen LogP contribution in [0.5, 0.6) is 5.75 Å². The van der Waals surface area contributed by atoms with Crippen LogP contribution >= 0.6 is 21.6 Å². The zero-order chi connectivity index (χ0) is 18.5. The first-order chi connectivity index (χ1) is 12.0. The van der Waals surface area contributed by atoms with Crippen LogP contribution in [0.4, 0.5) is 0 Å². The summed E-state index contributed by atoms with van der Waals surface area (Å²) in [5.74, 6) is -0.0895. The van der Waals surface area contributed by atoms with E-state index in [0.717, 1.165) is 23.7 Å². The Hall–Kier alpha value is -1.22. The Bertz CT molecular complexity index is 536. The largest absolute Gasteiger partial charge is 0.481 e. The van der Waals surface area contributed by atoms with Gasteiger partial charge in [-0.15, -0.1) is 0 Å². The van der Waals surface area contributed by atoms with E-state index in [0.29, 0.717) is 5.75 Å². The van der Waals surface area contributed by atoms with Gasteiger partial charge in [0.15, 0.2) is 0 Å². The van der Waals surface area contributed by atoms with E-state index in [9.17, 15) is 9.59 Å². The fourth-order valence-electron chi connectivity index (χ4n) is 1.87. The Balaban J connectivity index is 0.000000370. The smallest absolute Gasteiger partial charge is 0.311 e. The number of hydrogen-bond acceptors (Lipinski definition) is 7. The van der Waals surface area contributed by atoms with E-state index in [4.69, 9.17) is 20.3 Å². The number of esters is 1. The van der Waals surface area contributed by atoms with Crippen LogP contribution in [0.25, 0.3) is 0 Å². The van der Waals surface area contributed by atoms with Gasteiger partial charge in [0.2, 0.25) is 0 Å². The molecule has 1 aromatic carbocycles. The molecule has 0 spiro atoms. The van der Waals surface area contributed by atoms with Gasteiger partial charge >= 0.3 is 11.9 Å². The quantitative estimate of drug-likeness (QED) is 0.415. The fourth-order valence-corrected chi connectivity index (χ4v) is 3.59. The lowest BCUT2D eigenvalue weighted by Gasteiger charge is -2.17. The van der Waals surface area contributed by atoms with Crippen LogP contribution in [0.3, 0.4) is 0 Å². The van der Waals surface area contributed by atoms with Crippen LogP contribution < -0.4 is 10.5 Å². The summed E-state index contributed by atoms with van der Waals surface area (Å²) < 4.78 is 10.2. The van der Waals surface area contributed by atoms with Gasteiger partial charge in [0, 0.05) is 12.4 Å². The lowest BCUT2D eigenvalue weighted by atomic mass is 10.2. The summed E-state index contributed by atoms with van der Waals surface area (Å²) in [6, 6.07) is 7.22. The van der Waals surface area contributed by atoms with Crippen LogP contribution in [0.2, 0.25) is 0 Å². The van der Waals surface area contributed by atoms with Crippen molar-refractivity contribution in [2.75, 3.05) is 12.4 Å². The van der Waals surface area contributed by atoms with Crippen molar-refractivity contribution in [3.8, 4) is 5.75 Å². The highest BCUT2D eigenvalue weighted by Gasteiger charge is 2.11. The van der Waals surface area contributed by atoms with Gasteiger partial charge in [0.05, 0.1) is 17.7 Å². The molecule has 25 heavy (non-hydrogen) atoms. The molecule has 2 rings (SSSR count). The number of hydrogen-bond donors (Lipinski definition) is 2. The number of aliphatic carboxylic acids is 1. The molecule has 6 nitrogen and oxygen atoms in total. The van der Waals surface area contributed by atoms with Crippen LogP contribution in [0.1, 0.15) is 39.0 Å². The van der Waals surface area contributed by atoms with Gasteiger partial charge in [0.25, 0.3) is 0 Å². The molecule has 0 amide bonds. The van der Waals surface area contributed by atoms with Gasteiger partial charge < -0.3 is 20.3 Å². The summed E-state index contributed by atoms with van der Waals surface area (Å²) in [4.78, 5) is 22.7. The molecular formula is C17H25NO5S2. The first kappa shape index (κ1) is 21.8. The lowest BCUT2D eigenvalue weighted by Crippen LogP contribution is -2.27. The van der Waals surface area contributed by atoms with Crippen molar-refractivity contribution in [1.29, 1.82) is 0 Å². The van der Waals surface area contributed by atoms with E-state index < -0.39 is 11.9 Å². The van der Waals surface area contributed by atoms with Gasteiger partial charge in [0.1, 0.15) is 12.0 Å². The molecule has 1 saturated heterocycles. The number of para-hydroxylation sites is 1. The maximum Gasteiger partial charge on any atom is 0.311 e. The topological polar surface area (TPSA) is 98.9 Å². The van der Waals surface area contributed by atoms with Crippen LogP contribution in [-0.2, 0) is 14.3 Å². The van der Waals surface area contributed by atoms with Crippen molar-refractivity contribution in [1.82, 2.24) is 0 Å². The van der Waals surface area contributed by atoms with Gasteiger partial charge in [-0.25, -0.2) is 0 Å². The highest BCUT2D eigenvalue weighted by atomic mass is 33.1. The molecule has 3 N–H and O–H groups in total. The van der Waals surface area contributed by atoms with Crippen LogP contribution in [0.15, 0.2) is 29.2 Å². The monoisotopic (exact) mass is 387 g/mol. The zero-order valence-electron chi connectivity index (χ0n) is 14.3. The summed E-state index contributed by atoms with van der Waals surface area (Å²) in [6.07, 6.45) is 3.18. The van der Waals surface area contributed by atoms with Crippen molar-refractivity contribution >= 4 is 33.5 Å². The Morgan fingerprint density at radius 3 is 2.64 bits per heavy atom. The number of benzene rings is 1. The minimum atomic E-state index is -1.00. The van der Waals surface area contributed by atoms with Crippen LogP contribution in [-0.4, -0.2) is 35.6 Å². The maximum absolute atomic E-state index is 11.4. The van der Waals surface area contributed by atoms with Gasteiger partial charge in [-0.2, -0.15) is 0 Å². The zero-order valence-corrected chi connectivity index (χ0v) is 15.9. The molecule has 1 unspecified atom stereocenters. The van der Waals surface area contributed by atoms with E-state index >= 15 is 0 Å². The molecule has 1 aliphatic rings. The summed E-state index contributed by atoms with van der Waals surface area (Å²) in [7, 11) is 3.19. The molecule has 8 heteroatoms. The molecule has 1 aliphatic heterocycles. The summed E-state index contributed by atoms with van der Waals surface area (Å²) in [6.45, 7) is 2.90. The van der Waals surface area contributed by atoms with Gasteiger partial charge in [-0.05, 0) is 31.4 Å². The maximum atomic E-state index is 11.4. The highest BCUT2D eigenvalue weighted by molar-refractivity contribution is 8.76. The fraction of sp³-hybridized carbons (Fsp3) is 0.529. The molecule has 0 radical (unpaired) electrons. The van der Waals surface area contributed by atoms with Gasteiger partial charge in [-0.3, -0.25) is 9.59 Å². The number of rotatable bonds is 7. The Morgan fingerprint density at radius 2 is 2.08 bits per heavy atom. The van der Waals surface area contributed by atoms with Gasteiger partial charge in [-0.1, -0.05) is 40.6 Å². The highest BCUT2D eigenvalue weighted by Crippen LogP contribution is 2.37. The number of carboxylic acids is 1. The minimum Gasteiger partial charge on any atom is -0.481 e. The van der Waals surface area contributed by atoms with E-state index in [2.05, 4.69) is 0 Å². The third kappa shape index (κ3) is 10.4. The van der Waals surface area contributed by atoms with Crippen molar-refractivity contribution in [2.24, 2.45) is 5.73 Å². The number of carbonyl (C=O) groups is 2. The van der Waals surface area contributed by atoms with Crippen molar-refractivity contribution in [3.63, 3.8) is 0 Å². The average Bonchev–Trinajstić information content (AvgIpc) is 2.60. The second-order valence-electron chi connectivity index (χ2n) is 5.21. The Labute approximate surface area is 156 Å². The number of nitrogens with two attached hydrogens (primary N) is 1. The summed E-state index contributed by atoms with van der Waals surface area (Å²) in [5.41, 5.74) is 5.41. The van der Waals surface area contributed by atoms with Crippen molar-refractivity contribution < 1.29 is 24.2 Å². The third-order valence-electron chi connectivity index (χ3n) is 3.10. The average molecular weight is 388 g/mol. The molecule has 1 atom stereocenters. The standard InChI is InChI=1S/C12H14O4S2.C5H11NO/c1-2-17-18-10-6-4-3-5-9(10)16-12(15)8-7-11(13)14;6-5-3-1-2-4-7-5/h3-6H,2,7-8H2,1H3,(H,13,14);5H,1-4,6H2. The molecule has 1 aromatic rings. The third-order valence-corrected chi connectivity index (χ3v) is 5.57. The summed E-state index contributed by atoms with van der Waals surface area (Å²) in [5, 5.41) is 8.48. The molecule has 0 bridgehead atoms. The van der Waals surface area contributed by atoms with Crippen molar-refractivity contribution in [3.05, 3.63) is 24.3 Å². The minimum absolute atomic E-state index is 0.0359. The number of ether oxygens (including phenoxy) is 2. The predicted molar refractivity (Wildman–Crippen MR) is 101 cm³/mol. The molecule has 1 fully saturated rings. The lowest BCUT2D eigenvalue weighted by molar-refractivity contribution is -0.142. The Morgan fingerprint density at radius 1 is 1.32 bits per heavy atom. The van der Waals surface area contributed by atoms with E-state index in [1.165, 1.54) is 23.6 Å². The molecular weight excluding hydrogens is 362 g/mol. The molecule has 1 heterocycles. The first-order valence-corrected chi connectivity index (χ1v) is 10.5. The number of carbonyl (C=O) groups excluding carboxylic acids is 1. The van der Waals surface area contributed by atoms with E-state index in [1.807, 2.05) is 19.1 Å². The molecule has 0 aromatic heterocycles. The normalized spacial score (nSPS) is 16.5. The second kappa shape index (κ2) is 13.0. The first-order valence-electron chi connectivity index (χ1n) is 8.21.